The predicted molar refractivity (Wildman–Crippen MR) is 122 cm³/mol. The topological polar surface area (TPSA) is 50.2 Å². The summed E-state index contributed by atoms with van der Waals surface area (Å²) in [6, 6.07) is 20.4. The van der Waals surface area contributed by atoms with Crippen LogP contribution in [0.25, 0.3) is 21.9 Å². The summed E-state index contributed by atoms with van der Waals surface area (Å²) in [5, 5.41) is 11.1. The number of carbonyl (C=O) groups excluding carboxylic acids is 1. The Hall–Kier alpha value is -2.28. The van der Waals surface area contributed by atoms with E-state index in [0.29, 0.717) is 26.2 Å². The number of carbonyl (C=O) groups is 1. The lowest BCUT2D eigenvalue weighted by atomic mass is 10.0. The van der Waals surface area contributed by atoms with Crippen LogP contribution >= 0.6 is 43.2 Å². The monoisotopic (exact) mass is 513 g/mol. The third-order valence-electron chi connectivity index (χ3n) is 4.16. The van der Waals surface area contributed by atoms with E-state index < -0.39 is 0 Å². The van der Waals surface area contributed by atoms with Gasteiger partial charge in [0.25, 0.3) is 0 Å². The van der Waals surface area contributed by atoms with Crippen molar-refractivity contribution in [2.24, 2.45) is 0 Å². The Morgan fingerprint density at radius 3 is 2.46 bits per heavy atom. The molecule has 0 unspecified atom stereocenters. The Morgan fingerprint density at radius 2 is 1.71 bits per heavy atom. The van der Waals surface area contributed by atoms with Gasteiger partial charge in [-0.1, -0.05) is 58.4 Å². The zero-order valence-corrected chi connectivity index (χ0v) is 18.4. The van der Waals surface area contributed by atoms with Crippen molar-refractivity contribution in [1.29, 1.82) is 0 Å². The Kier molecular flexibility index (Phi) is 5.44. The number of phenolic OH excluding ortho intramolecular Hbond substituents is 1. The van der Waals surface area contributed by atoms with Crippen molar-refractivity contribution in [3.63, 3.8) is 0 Å². The molecule has 28 heavy (non-hydrogen) atoms. The van der Waals surface area contributed by atoms with Crippen LogP contribution in [0.3, 0.4) is 0 Å². The molecule has 0 bridgehead atoms. The second-order valence-electron chi connectivity index (χ2n) is 6.07. The van der Waals surface area contributed by atoms with Crippen LogP contribution in [0.5, 0.6) is 5.75 Å². The number of rotatable bonds is 4. The fourth-order valence-corrected chi connectivity index (χ4v) is 5.05. The number of aromatic hydroxyl groups is 1. The first kappa shape index (κ1) is 19.1. The molecule has 4 aromatic rings. The van der Waals surface area contributed by atoms with Crippen molar-refractivity contribution in [1.82, 2.24) is 4.98 Å². The number of Topliss-reactive ketones (excluding diaryl/α,β-unsaturated/α-hetero) is 1. The van der Waals surface area contributed by atoms with Gasteiger partial charge in [-0.25, -0.2) is 4.98 Å². The van der Waals surface area contributed by atoms with Crippen LogP contribution in [-0.2, 0) is 0 Å². The molecule has 0 atom stereocenters. The van der Waals surface area contributed by atoms with E-state index in [4.69, 9.17) is 0 Å². The number of ketones is 1. The second-order valence-corrected chi connectivity index (χ2v) is 8.87. The minimum absolute atomic E-state index is 0.0719. The van der Waals surface area contributed by atoms with Gasteiger partial charge in [-0.2, -0.15) is 0 Å². The average Bonchev–Trinajstić information content (AvgIpc) is 3.13. The maximum Gasteiger partial charge on any atom is 0.196 e. The summed E-state index contributed by atoms with van der Waals surface area (Å²) in [7, 11) is 0. The summed E-state index contributed by atoms with van der Waals surface area (Å²) in [4.78, 5) is 18.0. The Morgan fingerprint density at radius 1 is 1.00 bits per heavy atom. The standard InChI is InChI=1S/C22H13Br2NO2S/c23-15-10-14(21(27)17(24)12-15)11-16(20(26)13-6-2-1-3-7-13)22-25-18-8-4-5-9-19(18)28-22/h1-12,27H/b16-11+. The number of benzene rings is 3. The molecule has 0 amide bonds. The maximum atomic E-state index is 13.3. The lowest BCUT2D eigenvalue weighted by molar-refractivity contribution is 0.105. The first-order valence-corrected chi connectivity index (χ1v) is 10.8. The molecule has 0 saturated heterocycles. The van der Waals surface area contributed by atoms with Crippen LogP contribution in [0.2, 0.25) is 0 Å². The number of fused-ring (bicyclic) bond motifs is 1. The van der Waals surface area contributed by atoms with Crippen LogP contribution < -0.4 is 0 Å². The van der Waals surface area contributed by atoms with Gasteiger partial charge in [0.1, 0.15) is 10.8 Å². The minimum atomic E-state index is -0.143. The molecule has 0 fully saturated rings. The molecule has 0 aliphatic carbocycles. The molecular weight excluding hydrogens is 502 g/mol. The highest BCUT2D eigenvalue weighted by Gasteiger charge is 2.19. The van der Waals surface area contributed by atoms with Gasteiger partial charge in [0.05, 0.1) is 20.3 Å². The van der Waals surface area contributed by atoms with Gasteiger partial charge in [0.2, 0.25) is 0 Å². The largest absolute Gasteiger partial charge is 0.506 e. The molecular formula is C22H13Br2NO2S. The second kappa shape index (κ2) is 7.99. The van der Waals surface area contributed by atoms with Gasteiger partial charge in [0.15, 0.2) is 5.78 Å². The highest BCUT2D eigenvalue weighted by molar-refractivity contribution is 9.11. The number of hydrogen-bond donors (Lipinski definition) is 1. The third kappa shape index (κ3) is 3.81. The SMILES string of the molecule is O=C(/C(=C\c1cc(Br)cc(Br)c1O)c1nc2ccccc2s1)c1ccccc1. The Labute approximate surface area is 182 Å². The summed E-state index contributed by atoms with van der Waals surface area (Å²) >= 11 is 8.24. The summed E-state index contributed by atoms with van der Waals surface area (Å²) in [6.07, 6.45) is 1.69. The molecule has 0 radical (unpaired) electrons. The van der Waals surface area contributed by atoms with Crippen LogP contribution in [0.1, 0.15) is 20.9 Å². The molecule has 0 spiro atoms. The van der Waals surface area contributed by atoms with Gasteiger partial charge in [-0.05, 0) is 46.3 Å². The number of allylic oxidation sites excluding steroid dienone is 1. The fourth-order valence-electron chi connectivity index (χ4n) is 2.81. The van der Waals surface area contributed by atoms with Gasteiger partial charge >= 0.3 is 0 Å². The lowest BCUT2D eigenvalue weighted by Gasteiger charge is -2.07. The molecule has 3 aromatic carbocycles. The minimum Gasteiger partial charge on any atom is -0.506 e. The number of aromatic nitrogens is 1. The van der Waals surface area contributed by atoms with E-state index in [1.54, 1.807) is 30.3 Å². The van der Waals surface area contributed by atoms with E-state index >= 15 is 0 Å². The van der Waals surface area contributed by atoms with E-state index in [1.165, 1.54) is 11.3 Å². The molecule has 6 heteroatoms. The van der Waals surface area contributed by atoms with Crippen molar-refractivity contribution in [2.45, 2.75) is 0 Å². The van der Waals surface area contributed by atoms with Crippen molar-refractivity contribution >= 4 is 70.8 Å². The van der Waals surface area contributed by atoms with Crippen LogP contribution in [0.15, 0.2) is 75.7 Å². The molecule has 3 nitrogen and oxygen atoms in total. The quantitative estimate of drug-likeness (QED) is 0.237. The summed E-state index contributed by atoms with van der Waals surface area (Å²) in [5.74, 6) is -0.0715. The average molecular weight is 515 g/mol. The summed E-state index contributed by atoms with van der Waals surface area (Å²) in [5.41, 5.74) is 2.38. The number of para-hydroxylation sites is 1. The number of nitrogens with zero attached hydrogens (tertiary/aromatic N) is 1. The van der Waals surface area contributed by atoms with Crippen LogP contribution in [-0.4, -0.2) is 15.9 Å². The first-order valence-electron chi connectivity index (χ1n) is 8.38. The fraction of sp³-hybridized carbons (Fsp3) is 0. The molecule has 0 saturated carbocycles. The van der Waals surface area contributed by atoms with E-state index in [9.17, 15) is 9.90 Å². The van der Waals surface area contributed by atoms with Crippen LogP contribution in [0.4, 0.5) is 0 Å². The Bertz CT molecular complexity index is 1180. The number of hydrogen-bond acceptors (Lipinski definition) is 4. The van der Waals surface area contributed by atoms with Crippen molar-refractivity contribution in [3.05, 3.63) is 91.8 Å². The molecule has 1 heterocycles. The van der Waals surface area contributed by atoms with Crippen molar-refractivity contribution in [2.75, 3.05) is 0 Å². The normalized spacial score (nSPS) is 11.7. The van der Waals surface area contributed by atoms with E-state index in [-0.39, 0.29) is 11.5 Å². The smallest absolute Gasteiger partial charge is 0.196 e. The van der Waals surface area contributed by atoms with Gasteiger partial charge in [-0.3, -0.25) is 4.79 Å². The van der Waals surface area contributed by atoms with E-state index in [1.807, 2.05) is 42.5 Å². The predicted octanol–water partition coefficient (Wildman–Crippen LogP) is 6.95. The van der Waals surface area contributed by atoms with Crippen LogP contribution in [0, 0.1) is 0 Å². The van der Waals surface area contributed by atoms with Gasteiger partial charge in [0, 0.05) is 15.6 Å². The molecule has 138 valence electrons. The van der Waals surface area contributed by atoms with Gasteiger partial charge in [-0.15, -0.1) is 11.3 Å². The molecule has 1 aromatic heterocycles. The van der Waals surface area contributed by atoms with E-state index in [0.717, 1.165) is 14.7 Å². The highest BCUT2D eigenvalue weighted by Crippen LogP contribution is 2.36. The number of thiazole rings is 1. The molecule has 0 aliphatic heterocycles. The first-order chi connectivity index (χ1) is 13.5. The molecule has 0 aliphatic rings. The Balaban J connectivity index is 1.92. The van der Waals surface area contributed by atoms with Crippen molar-refractivity contribution in [3.8, 4) is 5.75 Å². The molecule has 4 rings (SSSR count). The molecule has 1 N–H and O–H groups in total. The highest BCUT2D eigenvalue weighted by atomic mass is 79.9. The zero-order valence-electron chi connectivity index (χ0n) is 14.4. The summed E-state index contributed by atoms with van der Waals surface area (Å²) in [6.45, 7) is 0. The lowest BCUT2D eigenvalue weighted by Crippen LogP contribution is -2.02. The van der Waals surface area contributed by atoms with Crippen molar-refractivity contribution < 1.29 is 9.90 Å². The van der Waals surface area contributed by atoms with E-state index in [2.05, 4.69) is 36.8 Å². The number of halogens is 2. The maximum absolute atomic E-state index is 13.3. The summed E-state index contributed by atoms with van der Waals surface area (Å²) < 4.78 is 2.34. The number of phenols is 1. The third-order valence-corrected chi connectivity index (χ3v) is 6.29. The van der Waals surface area contributed by atoms with Gasteiger partial charge < -0.3 is 5.11 Å². The zero-order chi connectivity index (χ0) is 19.7.